The Morgan fingerprint density at radius 3 is 2.17 bits per heavy atom. The average Bonchev–Trinajstić information content (AvgIpc) is 2.75. The molecule has 1 aromatic carbocycles. The van der Waals surface area contributed by atoms with Gasteiger partial charge in [-0.05, 0) is 36.6 Å². The summed E-state index contributed by atoms with van der Waals surface area (Å²) in [5, 5.41) is 2.94. The summed E-state index contributed by atoms with van der Waals surface area (Å²) in [6.45, 7) is -0.572. The second-order valence-corrected chi connectivity index (χ2v) is 6.26. The minimum atomic E-state index is -0.698. The third-order valence-corrected chi connectivity index (χ3v) is 4.29. The highest BCUT2D eigenvalue weighted by Gasteiger charge is 2.17. The molecule has 0 aliphatic heterocycles. The molecule has 1 N–H and O–H groups in total. The topological polar surface area (TPSA) is 121 Å². The van der Waals surface area contributed by atoms with Crippen molar-refractivity contribution in [2.75, 3.05) is 32.4 Å². The smallest absolute Gasteiger partial charge is 0.341 e. The third-order valence-electron chi connectivity index (χ3n) is 3.58. The number of hydrogen-bond acceptors (Lipinski definition) is 9. The third kappa shape index (κ3) is 5.79. The standard InChI is InChI=1S/C19H18N2O7S/c1-26-17(23)11-7-12(18(24)27-2)9-13(8-11)21-15(22)10-28-19(25)14-5-4-6-20-16(14)29-3/h4-9H,10H2,1-3H3,(H,21,22). The van der Waals surface area contributed by atoms with E-state index >= 15 is 0 Å². The van der Waals surface area contributed by atoms with Crippen LogP contribution in [-0.2, 0) is 19.0 Å². The Balaban J connectivity index is 2.10. The molecule has 0 radical (unpaired) electrons. The fourth-order valence-corrected chi connectivity index (χ4v) is 2.82. The van der Waals surface area contributed by atoms with Gasteiger partial charge < -0.3 is 19.5 Å². The number of aromatic nitrogens is 1. The zero-order chi connectivity index (χ0) is 21.4. The van der Waals surface area contributed by atoms with Gasteiger partial charge in [-0.1, -0.05) is 0 Å². The normalized spacial score (nSPS) is 10.0. The quantitative estimate of drug-likeness (QED) is 0.409. The van der Waals surface area contributed by atoms with E-state index in [0.717, 1.165) is 0 Å². The van der Waals surface area contributed by atoms with Crippen LogP contribution in [0.2, 0.25) is 0 Å². The van der Waals surface area contributed by atoms with E-state index in [2.05, 4.69) is 19.8 Å². The molecule has 9 nitrogen and oxygen atoms in total. The molecule has 0 atom stereocenters. The van der Waals surface area contributed by atoms with Crippen molar-refractivity contribution in [3.05, 3.63) is 53.2 Å². The first kappa shape index (κ1) is 21.9. The van der Waals surface area contributed by atoms with Crippen molar-refractivity contribution in [2.45, 2.75) is 5.03 Å². The Bertz CT molecular complexity index is 912. The maximum absolute atomic E-state index is 12.2. The lowest BCUT2D eigenvalue weighted by atomic mass is 10.1. The van der Waals surface area contributed by atoms with Crippen molar-refractivity contribution in [1.29, 1.82) is 0 Å². The van der Waals surface area contributed by atoms with E-state index < -0.39 is 30.4 Å². The van der Waals surface area contributed by atoms with Crippen LogP contribution >= 0.6 is 11.8 Å². The summed E-state index contributed by atoms with van der Waals surface area (Å²) >= 11 is 1.27. The van der Waals surface area contributed by atoms with E-state index in [4.69, 9.17) is 4.74 Å². The molecule has 0 unspecified atom stereocenters. The Morgan fingerprint density at radius 2 is 1.62 bits per heavy atom. The Kier molecular flexibility index (Phi) is 7.72. The van der Waals surface area contributed by atoms with Crippen LogP contribution in [-0.4, -0.2) is 55.9 Å². The van der Waals surface area contributed by atoms with E-state index in [1.54, 1.807) is 24.6 Å². The van der Waals surface area contributed by atoms with Crippen LogP contribution < -0.4 is 5.32 Å². The number of hydrogen-bond donors (Lipinski definition) is 1. The van der Waals surface area contributed by atoms with Crippen molar-refractivity contribution >= 4 is 41.3 Å². The summed E-state index contributed by atoms with van der Waals surface area (Å²) in [5.41, 5.74) is 0.472. The van der Waals surface area contributed by atoms with Gasteiger partial charge in [-0.3, -0.25) is 4.79 Å². The molecule has 2 rings (SSSR count). The first-order chi connectivity index (χ1) is 13.9. The predicted molar refractivity (Wildman–Crippen MR) is 104 cm³/mol. The van der Waals surface area contributed by atoms with Gasteiger partial charge in [0.15, 0.2) is 6.61 Å². The maximum atomic E-state index is 12.2. The molecule has 2 aromatic rings. The van der Waals surface area contributed by atoms with Gasteiger partial charge in [-0.15, -0.1) is 11.8 Å². The highest BCUT2D eigenvalue weighted by Crippen LogP contribution is 2.19. The number of esters is 3. The molecule has 1 heterocycles. The molecule has 152 valence electrons. The predicted octanol–water partition coefficient (Wildman–Crippen LogP) is 2.17. The Hall–Kier alpha value is -3.40. The molecule has 10 heteroatoms. The lowest BCUT2D eigenvalue weighted by Gasteiger charge is -2.10. The fourth-order valence-electron chi connectivity index (χ4n) is 2.29. The van der Waals surface area contributed by atoms with E-state index in [-0.39, 0.29) is 22.4 Å². The van der Waals surface area contributed by atoms with Crippen LogP contribution in [0.1, 0.15) is 31.1 Å². The minimum absolute atomic E-state index is 0.0441. The lowest BCUT2D eigenvalue weighted by molar-refractivity contribution is -0.119. The zero-order valence-corrected chi connectivity index (χ0v) is 16.7. The number of benzene rings is 1. The van der Waals surface area contributed by atoms with Crippen LogP contribution in [0.15, 0.2) is 41.6 Å². The van der Waals surface area contributed by atoms with Gasteiger partial charge in [0.2, 0.25) is 0 Å². The molecule has 0 fully saturated rings. The zero-order valence-electron chi connectivity index (χ0n) is 15.9. The van der Waals surface area contributed by atoms with Crippen molar-refractivity contribution < 1.29 is 33.4 Å². The molecule has 0 aliphatic rings. The van der Waals surface area contributed by atoms with Crippen LogP contribution in [0.4, 0.5) is 5.69 Å². The van der Waals surface area contributed by atoms with Crippen molar-refractivity contribution in [1.82, 2.24) is 4.98 Å². The summed E-state index contributed by atoms with van der Waals surface area (Å²) in [4.78, 5) is 52.0. The SMILES string of the molecule is COC(=O)c1cc(NC(=O)COC(=O)c2cccnc2SC)cc(C(=O)OC)c1. The molecule has 0 bridgehead atoms. The van der Waals surface area contributed by atoms with Gasteiger partial charge in [0.05, 0.1) is 30.9 Å². The molecule has 0 saturated carbocycles. The number of rotatable bonds is 7. The minimum Gasteiger partial charge on any atom is -0.465 e. The van der Waals surface area contributed by atoms with Gasteiger partial charge in [-0.2, -0.15) is 0 Å². The summed E-state index contributed by atoms with van der Waals surface area (Å²) < 4.78 is 14.3. The molecule has 29 heavy (non-hydrogen) atoms. The van der Waals surface area contributed by atoms with Crippen LogP contribution in [0.3, 0.4) is 0 Å². The number of thioether (sulfide) groups is 1. The summed E-state index contributed by atoms with van der Waals surface area (Å²) in [5.74, 6) is -2.75. The molecule has 1 amide bonds. The molecule has 0 aliphatic carbocycles. The molecule has 0 saturated heterocycles. The summed E-state index contributed by atoms with van der Waals surface area (Å²) in [7, 11) is 2.37. The number of pyridine rings is 1. The fraction of sp³-hybridized carbons (Fsp3) is 0.211. The van der Waals surface area contributed by atoms with E-state index in [1.807, 2.05) is 0 Å². The number of ether oxygens (including phenoxy) is 3. The van der Waals surface area contributed by atoms with Crippen LogP contribution in [0.5, 0.6) is 0 Å². The van der Waals surface area contributed by atoms with E-state index in [1.165, 1.54) is 44.2 Å². The number of nitrogens with zero attached hydrogens (tertiary/aromatic N) is 1. The Labute approximate surface area is 170 Å². The maximum Gasteiger partial charge on any atom is 0.341 e. The van der Waals surface area contributed by atoms with Gasteiger partial charge in [0, 0.05) is 11.9 Å². The number of amides is 1. The number of carbonyl (C=O) groups is 4. The van der Waals surface area contributed by atoms with Crippen molar-refractivity contribution in [2.24, 2.45) is 0 Å². The second-order valence-electron chi connectivity index (χ2n) is 5.47. The van der Waals surface area contributed by atoms with Crippen LogP contribution in [0, 0.1) is 0 Å². The van der Waals surface area contributed by atoms with Crippen LogP contribution in [0.25, 0.3) is 0 Å². The largest absolute Gasteiger partial charge is 0.465 e. The average molecular weight is 418 g/mol. The lowest BCUT2D eigenvalue weighted by Crippen LogP contribution is -2.22. The van der Waals surface area contributed by atoms with Gasteiger partial charge >= 0.3 is 17.9 Å². The summed E-state index contributed by atoms with van der Waals surface area (Å²) in [6, 6.07) is 7.06. The number of nitrogens with one attached hydrogen (secondary N) is 1. The van der Waals surface area contributed by atoms with E-state index in [9.17, 15) is 19.2 Å². The van der Waals surface area contributed by atoms with Gasteiger partial charge in [0.1, 0.15) is 5.03 Å². The highest BCUT2D eigenvalue weighted by atomic mass is 32.2. The van der Waals surface area contributed by atoms with E-state index in [0.29, 0.717) is 5.03 Å². The second kappa shape index (κ2) is 10.2. The number of anilines is 1. The molecular formula is C19H18N2O7S. The summed E-state index contributed by atoms with van der Waals surface area (Å²) in [6.07, 6.45) is 3.31. The first-order valence-electron chi connectivity index (χ1n) is 8.17. The van der Waals surface area contributed by atoms with Gasteiger partial charge in [0.25, 0.3) is 5.91 Å². The monoisotopic (exact) mass is 418 g/mol. The van der Waals surface area contributed by atoms with Crippen molar-refractivity contribution in [3.8, 4) is 0 Å². The first-order valence-corrected chi connectivity index (χ1v) is 9.39. The highest BCUT2D eigenvalue weighted by molar-refractivity contribution is 7.98. The van der Waals surface area contributed by atoms with Crippen molar-refractivity contribution in [3.63, 3.8) is 0 Å². The number of carbonyl (C=O) groups excluding carboxylic acids is 4. The molecular weight excluding hydrogens is 400 g/mol. The molecule has 0 spiro atoms. The van der Waals surface area contributed by atoms with Gasteiger partial charge in [-0.25, -0.2) is 19.4 Å². The Morgan fingerprint density at radius 1 is 1.00 bits per heavy atom. The molecule has 1 aromatic heterocycles. The number of methoxy groups -OCH3 is 2.